The largest absolute Gasteiger partial charge is 0.459 e. The van der Waals surface area contributed by atoms with Crippen molar-refractivity contribution in [2.24, 2.45) is 11.8 Å². The van der Waals surface area contributed by atoms with E-state index < -0.39 is 5.97 Å². The minimum absolute atomic E-state index is 0.00432. The lowest BCUT2D eigenvalue weighted by atomic mass is 9.70. The highest BCUT2D eigenvalue weighted by molar-refractivity contribution is 7.99. The van der Waals surface area contributed by atoms with Crippen LogP contribution in [0.3, 0.4) is 0 Å². The second-order valence-electron chi connectivity index (χ2n) is 10.5. The van der Waals surface area contributed by atoms with Crippen LogP contribution in [0.15, 0.2) is 64.4 Å². The molecule has 3 atom stereocenters. The summed E-state index contributed by atoms with van der Waals surface area (Å²) in [6.45, 7) is 0. The van der Waals surface area contributed by atoms with E-state index in [-0.39, 0.29) is 40.0 Å². The number of fused-ring (bicyclic) bond motifs is 3. The van der Waals surface area contributed by atoms with E-state index in [1.54, 1.807) is 42.5 Å². The number of hydrogen-bond acceptors (Lipinski definition) is 6. The molecule has 5 nitrogen and oxygen atoms in total. The van der Waals surface area contributed by atoms with Crippen molar-refractivity contribution in [3.63, 3.8) is 0 Å². The smallest absolute Gasteiger partial charge is 0.340 e. The van der Waals surface area contributed by atoms with Crippen molar-refractivity contribution in [1.29, 1.82) is 0 Å². The summed E-state index contributed by atoms with van der Waals surface area (Å²) in [6, 6.07) is 15.5. The van der Waals surface area contributed by atoms with Crippen LogP contribution in [0.2, 0.25) is 5.02 Å². The summed E-state index contributed by atoms with van der Waals surface area (Å²) in [5, 5.41) is 0.589. The van der Waals surface area contributed by atoms with Crippen LogP contribution in [0.25, 0.3) is 0 Å². The number of carbonyl (C=O) groups is 3. The zero-order chi connectivity index (χ0) is 26.4. The van der Waals surface area contributed by atoms with Crippen molar-refractivity contribution < 1.29 is 19.1 Å². The van der Waals surface area contributed by atoms with Gasteiger partial charge < -0.3 is 10.5 Å². The van der Waals surface area contributed by atoms with E-state index in [2.05, 4.69) is 0 Å². The first-order valence-corrected chi connectivity index (χ1v) is 14.4. The fourth-order valence-electron chi connectivity index (χ4n) is 6.31. The molecule has 0 radical (unpaired) electrons. The van der Waals surface area contributed by atoms with Gasteiger partial charge in [0.2, 0.25) is 0 Å². The lowest BCUT2D eigenvalue weighted by Gasteiger charge is -2.38. The molecule has 3 aromatic carbocycles. The first-order chi connectivity index (χ1) is 18.4. The summed E-state index contributed by atoms with van der Waals surface area (Å²) in [7, 11) is 0. The normalized spacial score (nSPS) is 22.3. The molecular formula is C31H28ClNO4S. The molecule has 2 fully saturated rings. The van der Waals surface area contributed by atoms with E-state index >= 15 is 0 Å². The Morgan fingerprint density at radius 3 is 2.24 bits per heavy atom. The number of ketones is 2. The summed E-state index contributed by atoms with van der Waals surface area (Å²) in [5.41, 5.74) is 7.58. The third-order valence-corrected chi connectivity index (χ3v) is 9.53. The second kappa shape index (κ2) is 10.2. The zero-order valence-electron chi connectivity index (χ0n) is 20.9. The standard InChI is InChI=1S/C31H28ClNO4S/c32-19-10-13-21(14-11-19)38-25-16-24(31(36)37-20-12-9-17-5-1-2-6-18(17)15-20)28(33)27-26(25)29(34)22-7-3-4-8-23(22)30(27)35/h3-4,7-8,10-11,13-14,16-18,20H,1-2,5-6,9,12,15,33H2/t17-,18?,20+/m0/s1. The zero-order valence-corrected chi connectivity index (χ0v) is 22.4. The third-order valence-electron chi connectivity index (χ3n) is 8.23. The van der Waals surface area contributed by atoms with Gasteiger partial charge in [-0.25, -0.2) is 4.79 Å². The fraction of sp³-hybridized carbons (Fsp3) is 0.323. The summed E-state index contributed by atoms with van der Waals surface area (Å²) in [4.78, 5) is 42.1. The number of benzene rings is 3. The average Bonchev–Trinajstić information content (AvgIpc) is 2.93. The Hall–Kier alpha value is -3.09. The van der Waals surface area contributed by atoms with Crippen molar-refractivity contribution in [2.45, 2.75) is 60.8 Å². The van der Waals surface area contributed by atoms with Crippen molar-refractivity contribution in [3.8, 4) is 0 Å². The van der Waals surface area contributed by atoms with E-state index in [1.165, 1.54) is 37.4 Å². The minimum atomic E-state index is -0.540. The first-order valence-electron chi connectivity index (χ1n) is 13.2. The van der Waals surface area contributed by atoms with Gasteiger partial charge in [-0.1, -0.05) is 73.3 Å². The molecule has 0 aromatic heterocycles. The third kappa shape index (κ3) is 4.54. The molecule has 0 aliphatic heterocycles. The molecule has 38 heavy (non-hydrogen) atoms. The summed E-state index contributed by atoms with van der Waals surface area (Å²) in [5.74, 6) is 0.153. The Morgan fingerprint density at radius 1 is 0.868 bits per heavy atom. The Kier molecular flexibility index (Phi) is 6.79. The van der Waals surface area contributed by atoms with Crippen molar-refractivity contribution >= 4 is 46.6 Å². The molecule has 0 amide bonds. The highest BCUT2D eigenvalue weighted by Gasteiger charge is 2.38. The highest BCUT2D eigenvalue weighted by Crippen LogP contribution is 2.44. The van der Waals surface area contributed by atoms with E-state index in [4.69, 9.17) is 22.1 Å². The highest BCUT2D eigenvalue weighted by atomic mass is 35.5. The maximum Gasteiger partial charge on any atom is 0.340 e. The van der Waals surface area contributed by atoms with Crippen molar-refractivity contribution in [1.82, 2.24) is 0 Å². The van der Waals surface area contributed by atoms with Gasteiger partial charge in [0.25, 0.3) is 0 Å². The first kappa shape index (κ1) is 25.2. The Morgan fingerprint density at radius 2 is 1.53 bits per heavy atom. The predicted octanol–water partition coefficient (Wildman–Crippen LogP) is 7.36. The number of anilines is 1. The topological polar surface area (TPSA) is 86.5 Å². The number of ether oxygens (including phenoxy) is 1. The molecule has 6 rings (SSSR count). The Balaban J connectivity index is 1.39. The number of rotatable bonds is 4. The van der Waals surface area contributed by atoms with E-state index in [0.717, 1.165) is 30.1 Å². The van der Waals surface area contributed by atoms with Crippen LogP contribution in [0.5, 0.6) is 0 Å². The quantitative estimate of drug-likeness (QED) is 0.213. The molecule has 2 N–H and O–H groups in total. The lowest BCUT2D eigenvalue weighted by molar-refractivity contribution is -0.000862. The van der Waals surface area contributed by atoms with Crippen LogP contribution in [0, 0.1) is 11.8 Å². The number of carbonyl (C=O) groups excluding carboxylic acids is 3. The maximum atomic E-state index is 13.6. The molecule has 0 spiro atoms. The molecule has 194 valence electrons. The molecule has 1 unspecified atom stereocenters. The van der Waals surface area contributed by atoms with Crippen LogP contribution >= 0.6 is 23.4 Å². The van der Waals surface area contributed by atoms with Crippen LogP contribution in [0.4, 0.5) is 5.69 Å². The van der Waals surface area contributed by atoms with Crippen molar-refractivity contribution in [3.05, 3.63) is 87.4 Å². The lowest BCUT2D eigenvalue weighted by Crippen LogP contribution is -2.33. The number of halogens is 1. The van der Waals surface area contributed by atoms with E-state index in [1.807, 2.05) is 12.1 Å². The van der Waals surface area contributed by atoms with Gasteiger partial charge in [-0.15, -0.1) is 0 Å². The molecule has 0 bridgehead atoms. The van der Waals surface area contributed by atoms with Gasteiger partial charge in [0.15, 0.2) is 11.6 Å². The SMILES string of the molecule is Nc1c(C(=O)O[C@@H]2CC[C@@H]3CCCCC3C2)cc(Sc2ccc(Cl)cc2)c2c1C(=O)c1ccccc1C2=O. The molecule has 0 heterocycles. The number of nitrogens with two attached hydrogens (primary N) is 1. The van der Waals surface area contributed by atoms with E-state index in [0.29, 0.717) is 27.0 Å². The maximum absolute atomic E-state index is 13.6. The van der Waals surface area contributed by atoms with Gasteiger partial charge in [-0.2, -0.15) is 0 Å². The van der Waals surface area contributed by atoms with E-state index in [9.17, 15) is 14.4 Å². The molecule has 7 heteroatoms. The van der Waals surface area contributed by atoms with Gasteiger partial charge in [0, 0.05) is 31.5 Å². The molecular weight excluding hydrogens is 518 g/mol. The molecule has 3 aliphatic carbocycles. The van der Waals surface area contributed by atoms with Crippen LogP contribution in [-0.4, -0.2) is 23.6 Å². The van der Waals surface area contributed by atoms with Gasteiger partial charge in [0.05, 0.1) is 16.8 Å². The van der Waals surface area contributed by atoms with Gasteiger partial charge >= 0.3 is 5.97 Å². The predicted molar refractivity (Wildman–Crippen MR) is 148 cm³/mol. The fourth-order valence-corrected chi connectivity index (χ4v) is 7.44. The van der Waals surface area contributed by atoms with Gasteiger partial charge in [-0.05, 0) is 61.4 Å². The number of hydrogen-bond donors (Lipinski definition) is 1. The molecule has 2 saturated carbocycles. The molecule has 3 aliphatic rings. The monoisotopic (exact) mass is 545 g/mol. The minimum Gasteiger partial charge on any atom is -0.459 e. The van der Waals surface area contributed by atoms with Gasteiger partial charge in [0.1, 0.15) is 6.10 Å². The number of esters is 1. The molecule has 0 saturated heterocycles. The summed E-state index contributed by atoms with van der Waals surface area (Å²) in [6.07, 6.45) is 7.62. The summed E-state index contributed by atoms with van der Waals surface area (Å²) < 4.78 is 6.01. The van der Waals surface area contributed by atoms with Crippen LogP contribution < -0.4 is 5.73 Å². The Labute approximate surface area is 231 Å². The molecule has 3 aromatic rings. The second-order valence-corrected chi connectivity index (χ2v) is 12.0. The number of nitrogen functional groups attached to an aromatic ring is 1. The summed E-state index contributed by atoms with van der Waals surface area (Å²) >= 11 is 7.36. The van der Waals surface area contributed by atoms with Crippen LogP contribution in [0.1, 0.15) is 87.1 Å². The van der Waals surface area contributed by atoms with Crippen molar-refractivity contribution in [2.75, 3.05) is 5.73 Å². The average molecular weight is 546 g/mol. The Bertz CT molecular complexity index is 1450. The van der Waals surface area contributed by atoms with Gasteiger partial charge in [-0.3, -0.25) is 9.59 Å². The van der Waals surface area contributed by atoms with Crippen LogP contribution in [-0.2, 0) is 4.74 Å².